The molecule has 2 atom stereocenters. The van der Waals surface area contributed by atoms with Crippen molar-refractivity contribution >= 4 is 26.0 Å². The molecule has 0 aliphatic rings. The van der Waals surface area contributed by atoms with Gasteiger partial charge in [-0.3, -0.25) is 4.79 Å². The Hall–Kier alpha value is -2.39. The molecule has 2 N–H and O–H groups in total. The van der Waals surface area contributed by atoms with Gasteiger partial charge in [0.15, 0.2) is 0 Å². The average molecular weight is 467 g/mol. The second-order valence-electron chi connectivity index (χ2n) is 9.91. The number of benzene rings is 1. The monoisotopic (exact) mass is 466 g/mol. The van der Waals surface area contributed by atoms with Crippen LogP contribution in [-0.2, 0) is 30.4 Å². The van der Waals surface area contributed by atoms with Crippen LogP contribution < -0.4 is 10.6 Å². The van der Waals surface area contributed by atoms with Gasteiger partial charge in [0.25, 0.3) is 0 Å². The van der Waals surface area contributed by atoms with E-state index in [1.54, 1.807) is 27.7 Å². The number of hydrogen-bond acceptors (Lipinski definition) is 6. The predicted molar refractivity (Wildman–Crippen MR) is 126 cm³/mol. The number of carbonyl (C=O) groups excluding carboxylic acids is 3. The highest BCUT2D eigenvalue weighted by Gasteiger charge is 2.27. The maximum absolute atomic E-state index is 12.8. The van der Waals surface area contributed by atoms with Gasteiger partial charge in [0.2, 0.25) is 5.91 Å². The van der Waals surface area contributed by atoms with Crippen molar-refractivity contribution in [3.05, 3.63) is 35.9 Å². The molecule has 32 heavy (non-hydrogen) atoms. The second-order valence-corrected chi connectivity index (χ2v) is 15.5. The fourth-order valence-electron chi connectivity index (χ4n) is 2.46. The smallest absolute Gasteiger partial charge is 0.408 e. The van der Waals surface area contributed by atoms with Crippen molar-refractivity contribution < 1.29 is 28.6 Å². The fourth-order valence-corrected chi connectivity index (χ4v) is 3.17. The summed E-state index contributed by atoms with van der Waals surface area (Å²) in [5.41, 5.74) is 0.215. The van der Waals surface area contributed by atoms with Crippen LogP contribution in [0, 0.1) is 0 Å². The molecule has 0 heterocycles. The lowest BCUT2D eigenvalue weighted by atomic mass is 10.2. The van der Waals surface area contributed by atoms with E-state index in [1.165, 1.54) is 0 Å². The van der Waals surface area contributed by atoms with Crippen LogP contribution in [-0.4, -0.2) is 56.9 Å². The number of carbonyl (C=O) groups is 3. The van der Waals surface area contributed by atoms with Crippen LogP contribution in [0.1, 0.15) is 33.3 Å². The lowest BCUT2D eigenvalue weighted by Gasteiger charge is -2.24. The topological polar surface area (TPSA) is 103 Å². The molecule has 0 saturated heterocycles. The zero-order valence-corrected chi connectivity index (χ0v) is 21.3. The molecule has 9 heteroatoms. The van der Waals surface area contributed by atoms with Crippen molar-refractivity contribution in [3.63, 3.8) is 0 Å². The van der Waals surface area contributed by atoms with Gasteiger partial charge < -0.3 is 24.8 Å². The number of rotatable bonds is 11. The van der Waals surface area contributed by atoms with Gasteiger partial charge in [0.1, 0.15) is 17.7 Å². The average Bonchev–Trinajstić information content (AvgIpc) is 2.65. The molecule has 0 radical (unpaired) electrons. The van der Waals surface area contributed by atoms with Crippen molar-refractivity contribution in [1.82, 2.24) is 10.6 Å². The maximum Gasteiger partial charge on any atom is 0.408 e. The molecule has 8 nitrogen and oxygen atoms in total. The van der Waals surface area contributed by atoms with E-state index in [-0.39, 0.29) is 13.2 Å². The van der Waals surface area contributed by atoms with Crippen LogP contribution in [0.3, 0.4) is 0 Å². The largest absolute Gasteiger partial charge is 0.464 e. The van der Waals surface area contributed by atoms with Gasteiger partial charge in [-0.1, -0.05) is 50.0 Å². The highest BCUT2D eigenvalue weighted by atomic mass is 28.3. The molecule has 0 aromatic heterocycles. The minimum Gasteiger partial charge on any atom is -0.464 e. The normalized spacial score (nSPS) is 13.6. The molecule has 1 aromatic rings. The van der Waals surface area contributed by atoms with Crippen LogP contribution >= 0.6 is 0 Å². The van der Waals surface area contributed by atoms with Gasteiger partial charge in [-0.25, -0.2) is 9.59 Å². The van der Waals surface area contributed by atoms with Gasteiger partial charge in [-0.05, 0) is 39.3 Å². The molecule has 0 aliphatic carbocycles. The first-order valence-corrected chi connectivity index (χ1v) is 14.6. The Morgan fingerprint density at radius 1 is 1.03 bits per heavy atom. The number of hydrogen-bond donors (Lipinski definition) is 2. The minimum absolute atomic E-state index is 0.0860. The van der Waals surface area contributed by atoms with E-state index in [2.05, 4.69) is 30.3 Å². The zero-order chi connectivity index (χ0) is 24.4. The molecule has 1 rings (SSSR count). The van der Waals surface area contributed by atoms with Gasteiger partial charge in [0.05, 0.1) is 19.8 Å². The van der Waals surface area contributed by atoms with Crippen LogP contribution in [0.25, 0.3) is 0 Å². The van der Waals surface area contributed by atoms with Gasteiger partial charge >= 0.3 is 12.1 Å². The van der Waals surface area contributed by atoms with Crippen molar-refractivity contribution in [1.29, 1.82) is 0 Å². The third kappa shape index (κ3) is 12.5. The first kappa shape index (κ1) is 27.6. The molecule has 0 bridgehead atoms. The van der Waals surface area contributed by atoms with Crippen LogP contribution in [0.15, 0.2) is 30.3 Å². The number of alkyl carbamates (subject to hydrolysis) is 1. The molecule has 0 aliphatic heterocycles. The first-order chi connectivity index (χ1) is 14.8. The SMILES string of the molecule is C[C@@H](NC(=O)[C@@H](COCc1ccccc1)NC(=O)OC(C)(C)C)C(=O)OCC[Si](C)(C)C. The van der Waals surface area contributed by atoms with Crippen molar-refractivity contribution in [2.24, 2.45) is 0 Å². The highest BCUT2D eigenvalue weighted by Crippen LogP contribution is 2.09. The minimum atomic E-state index is -1.33. The Kier molecular flexibility index (Phi) is 10.9. The van der Waals surface area contributed by atoms with Crippen molar-refractivity contribution in [3.8, 4) is 0 Å². The maximum atomic E-state index is 12.8. The number of esters is 1. The summed E-state index contributed by atoms with van der Waals surface area (Å²) >= 11 is 0. The highest BCUT2D eigenvalue weighted by molar-refractivity contribution is 6.76. The lowest BCUT2D eigenvalue weighted by molar-refractivity contribution is -0.147. The Balaban J connectivity index is 2.68. The molecular formula is C23H38N2O6Si. The summed E-state index contributed by atoms with van der Waals surface area (Å²) in [5.74, 6) is -1.07. The molecule has 180 valence electrons. The zero-order valence-electron chi connectivity index (χ0n) is 20.3. The molecule has 2 amide bonds. The quantitative estimate of drug-likeness (QED) is 0.382. The summed E-state index contributed by atoms with van der Waals surface area (Å²) < 4.78 is 16.2. The molecule has 1 aromatic carbocycles. The van der Waals surface area contributed by atoms with E-state index in [9.17, 15) is 14.4 Å². The Bertz CT molecular complexity index is 743. The van der Waals surface area contributed by atoms with E-state index < -0.39 is 43.7 Å². The molecule has 0 unspecified atom stereocenters. The predicted octanol–water partition coefficient (Wildman–Crippen LogP) is 3.48. The van der Waals surface area contributed by atoms with E-state index in [0.29, 0.717) is 6.61 Å². The Labute approximate surface area is 192 Å². The Morgan fingerprint density at radius 3 is 2.22 bits per heavy atom. The third-order valence-electron chi connectivity index (χ3n) is 4.21. The van der Waals surface area contributed by atoms with Crippen LogP contribution in [0.4, 0.5) is 4.79 Å². The van der Waals surface area contributed by atoms with E-state index >= 15 is 0 Å². The third-order valence-corrected chi connectivity index (χ3v) is 5.92. The molecule has 0 spiro atoms. The summed E-state index contributed by atoms with van der Waals surface area (Å²) in [6.45, 7) is 13.8. The summed E-state index contributed by atoms with van der Waals surface area (Å²) in [4.78, 5) is 37.2. The van der Waals surface area contributed by atoms with Crippen LogP contribution in [0.2, 0.25) is 25.7 Å². The number of ether oxygens (including phenoxy) is 3. The van der Waals surface area contributed by atoms with Gasteiger partial charge in [-0.15, -0.1) is 0 Å². The van der Waals surface area contributed by atoms with Crippen molar-refractivity contribution in [2.75, 3.05) is 13.2 Å². The van der Waals surface area contributed by atoms with Crippen LogP contribution in [0.5, 0.6) is 0 Å². The van der Waals surface area contributed by atoms with E-state index in [1.807, 2.05) is 30.3 Å². The molecule has 0 saturated carbocycles. The fraction of sp³-hybridized carbons (Fsp3) is 0.609. The van der Waals surface area contributed by atoms with Gasteiger partial charge in [0, 0.05) is 8.07 Å². The Morgan fingerprint density at radius 2 is 1.66 bits per heavy atom. The summed E-state index contributed by atoms with van der Waals surface area (Å²) in [7, 11) is -1.33. The second kappa shape index (κ2) is 12.6. The first-order valence-electron chi connectivity index (χ1n) is 10.8. The summed E-state index contributed by atoms with van der Waals surface area (Å²) in [5, 5.41) is 5.11. The molecule has 0 fully saturated rings. The lowest BCUT2D eigenvalue weighted by Crippen LogP contribution is -2.53. The number of amides is 2. The van der Waals surface area contributed by atoms with Gasteiger partial charge in [-0.2, -0.15) is 0 Å². The van der Waals surface area contributed by atoms with Crippen molar-refractivity contribution in [2.45, 2.75) is 77.7 Å². The van der Waals surface area contributed by atoms with E-state index in [4.69, 9.17) is 14.2 Å². The molecular weight excluding hydrogens is 428 g/mol. The summed E-state index contributed by atoms with van der Waals surface area (Å²) in [6.07, 6.45) is -0.744. The van der Waals surface area contributed by atoms with E-state index in [0.717, 1.165) is 11.6 Å². The standard InChI is InChI=1S/C23H38N2O6Si/c1-17(21(27)30-13-14-32(5,6)7)24-20(26)19(25-22(28)31-23(2,3)4)16-29-15-18-11-9-8-10-12-18/h8-12,17,19H,13-16H2,1-7H3,(H,24,26)(H,25,28)/t17-,19-/m1/s1. The number of nitrogens with one attached hydrogen (secondary N) is 2. The summed E-state index contributed by atoms with van der Waals surface area (Å²) in [6, 6.07) is 8.41.